The van der Waals surface area contributed by atoms with E-state index in [0.717, 1.165) is 7.11 Å². The molecule has 0 rings (SSSR count). The predicted octanol–water partition coefficient (Wildman–Crippen LogP) is 0.787. The fraction of sp³-hybridized carbons (Fsp3) is 1.00. The van der Waals surface area contributed by atoms with E-state index >= 15 is 0 Å². The lowest BCUT2D eigenvalue weighted by Crippen LogP contribution is -2.00. The molecule has 0 saturated carbocycles. The van der Waals surface area contributed by atoms with Crippen molar-refractivity contribution in [2.24, 2.45) is 0 Å². The molecule has 38 valence electrons. The number of hydrogen-bond acceptors (Lipinski definition) is 2. The molecule has 6 heavy (non-hydrogen) atoms. The summed E-state index contributed by atoms with van der Waals surface area (Å²) in [5.41, 5.74) is 0. The summed E-state index contributed by atoms with van der Waals surface area (Å²) in [4.78, 5) is 2.51. The van der Waals surface area contributed by atoms with Crippen LogP contribution in [-0.4, -0.2) is 13.7 Å². The van der Waals surface area contributed by atoms with Crippen molar-refractivity contribution >= 4 is 0 Å². The van der Waals surface area contributed by atoms with Crippen molar-refractivity contribution < 1.29 is 18.6 Å². The normalized spacial score (nSPS) is 14.5. The van der Waals surface area contributed by atoms with Gasteiger partial charge in [-0.1, -0.05) is 0 Å². The van der Waals surface area contributed by atoms with Crippen molar-refractivity contribution in [3.05, 3.63) is 0 Å². The van der Waals surface area contributed by atoms with Crippen LogP contribution in [0.4, 0.5) is 8.92 Å². The highest BCUT2D eigenvalue weighted by atomic mass is 19.3. The van der Waals surface area contributed by atoms with Gasteiger partial charge in [-0.15, -0.1) is 4.94 Å². The van der Waals surface area contributed by atoms with Crippen molar-refractivity contribution in [1.82, 2.24) is 0 Å². The van der Waals surface area contributed by atoms with Gasteiger partial charge in [0.1, 0.15) is 0 Å². The van der Waals surface area contributed by atoms with E-state index in [1.165, 1.54) is 0 Å². The molecule has 0 aromatic heterocycles. The maximum Gasteiger partial charge on any atom is 0.342 e. The van der Waals surface area contributed by atoms with Gasteiger partial charge in [0.25, 0.3) is 0 Å². The fourth-order valence-corrected chi connectivity index (χ4v) is 0.0364. The molecule has 2 nitrogen and oxygen atoms in total. The van der Waals surface area contributed by atoms with Gasteiger partial charge in [0, 0.05) is 7.11 Å². The Labute approximate surface area is 33.6 Å². The molecule has 0 aromatic carbocycles. The Kier molecular flexibility index (Phi) is 2.88. The van der Waals surface area contributed by atoms with Crippen LogP contribution < -0.4 is 0 Å². The molecule has 0 saturated heterocycles. The maximum atomic E-state index is 11.0. The lowest BCUT2D eigenvalue weighted by Gasteiger charge is -1.93. The molecule has 0 aliphatic carbocycles. The third-order valence-electron chi connectivity index (χ3n) is 0.255. The monoisotopic (exact) mass is 98.0 g/mol. The topological polar surface area (TPSA) is 18.5 Å². The van der Waals surface area contributed by atoms with Gasteiger partial charge < -0.3 is 4.74 Å². The minimum Gasteiger partial charge on any atom is -0.328 e. The third kappa shape index (κ3) is 2.04. The molecule has 0 fully saturated rings. The summed E-state index contributed by atoms with van der Waals surface area (Å²) in [5.74, 6) is 0. The molecule has 1 unspecified atom stereocenters. The second-order valence-corrected chi connectivity index (χ2v) is 0.599. The Morgan fingerprint density at radius 1 is 1.67 bits per heavy atom. The maximum absolute atomic E-state index is 11.0. The molecule has 0 spiro atoms. The van der Waals surface area contributed by atoms with Crippen LogP contribution in [0.5, 0.6) is 0 Å². The summed E-state index contributed by atoms with van der Waals surface area (Å²) >= 11 is 0. The summed E-state index contributed by atoms with van der Waals surface area (Å²) in [5, 5.41) is 0. The summed E-state index contributed by atoms with van der Waals surface area (Å²) in [6.07, 6.45) is 0. The first-order chi connectivity index (χ1) is 2.81. The van der Waals surface area contributed by atoms with E-state index in [4.69, 9.17) is 0 Å². The zero-order chi connectivity index (χ0) is 4.99. The Morgan fingerprint density at radius 3 is 2.17 bits per heavy atom. The molecule has 0 N–H and O–H groups in total. The van der Waals surface area contributed by atoms with Crippen LogP contribution in [0.3, 0.4) is 0 Å². The van der Waals surface area contributed by atoms with E-state index < -0.39 is 6.54 Å². The van der Waals surface area contributed by atoms with Gasteiger partial charge in [0.05, 0.1) is 0 Å². The van der Waals surface area contributed by atoms with E-state index in [0.29, 0.717) is 0 Å². The molecular formula is C2H4F2O2. The number of methoxy groups -OCH3 is 1. The first kappa shape index (κ1) is 5.78. The highest BCUT2D eigenvalue weighted by Crippen LogP contribution is 1.91. The zero-order valence-corrected chi connectivity index (χ0v) is 3.15. The summed E-state index contributed by atoms with van der Waals surface area (Å²) in [7, 11) is 0.990. The van der Waals surface area contributed by atoms with Crippen LogP contribution in [0.2, 0.25) is 0 Å². The minimum absolute atomic E-state index is 0.990. The molecule has 0 radical (unpaired) electrons. The Balaban J connectivity index is 2.75. The largest absolute Gasteiger partial charge is 0.342 e. The standard InChI is InChI=1S/C2H4F2O2/c1-5-2(3)6-4/h2H,1H3. The second kappa shape index (κ2) is 2.99. The zero-order valence-electron chi connectivity index (χ0n) is 3.15. The van der Waals surface area contributed by atoms with Gasteiger partial charge in [0.2, 0.25) is 0 Å². The number of rotatable bonds is 2. The molecule has 4 heteroatoms. The Morgan fingerprint density at radius 2 is 2.17 bits per heavy atom. The number of ether oxygens (including phenoxy) is 1. The summed E-state index contributed by atoms with van der Waals surface area (Å²) in [6, 6.07) is 0. The SMILES string of the molecule is COC(F)OF. The summed E-state index contributed by atoms with van der Waals surface area (Å²) in [6.45, 7) is -2.23. The lowest BCUT2D eigenvalue weighted by atomic mass is 11.3. The fourth-order valence-electron chi connectivity index (χ4n) is 0.0364. The number of halogens is 2. The molecule has 0 aliphatic heterocycles. The summed E-state index contributed by atoms with van der Waals surface area (Å²) < 4.78 is 25.1. The van der Waals surface area contributed by atoms with E-state index in [-0.39, 0.29) is 0 Å². The molecule has 0 aromatic rings. The number of alkyl halides is 1. The smallest absolute Gasteiger partial charge is 0.328 e. The van der Waals surface area contributed by atoms with Gasteiger partial charge in [-0.25, -0.2) is 0 Å². The average Bonchev–Trinajstić information content (AvgIpc) is 1.65. The first-order valence-electron chi connectivity index (χ1n) is 1.25. The van der Waals surface area contributed by atoms with Crippen molar-refractivity contribution in [3.63, 3.8) is 0 Å². The molecule has 0 aliphatic rings. The lowest BCUT2D eigenvalue weighted by molar-refractivity contribution is -0.318. The average molecular weight is 98.0 g/mol. The Bertz CT molecular complexity index is 28.7. The quantitative estimate of drug-likeness (QED) is 0.475. The van der Waals surface area contributed by atoms with Crippen LogP contribution >= 0.6 is 0 Å². The van der Waals surface area contributed by atoms with E-state index in [9.17, 15) is 8.92 Å². The number of hydrogen-bond donors (Lipinski definition) is 0. The van der Waals surface area contributed by atoms with Crippen molar-refractivity contribution in [2.45, 2.75) is 6.54 Å². The van der Waals surface area contributed by atoms with Crippen molar-refractivity contribution in [2.75, 3.05) is 7.11 Å². The molecular weight excluding hydrogens is 94.0 g/mol. The molecule has 0 amide bonds. The third-order valence-corrected chi connectivity index (χ3v) is 0.255. The van der Waals surface area contributed by atoms with Gasteiger partial charge in [-0.05, 0) is 4.53 Å². The first-order valence-corrected chi connectivity index (χ1v) is 1.25. The van der Waals surface area contributed by atoms with Crippen molar-refractivity contribution in [1.29, 1.82) is 0 Å². The van der Waals surface area contributed by atoms with Gasteiger partial charge >= 0.3 is 6.54 Å². The predicted molar refractivity (Wildman–Crippen MR) is 14.1 cm³/mol. The molecule has 0 bridgehead atoms. The second-order valence-electron chi connectivity index (χ2n) is 0.599. The van der Waals surface area contributed by atoms with Crippen LogP contribution in [0.1, 0.15) is 0 Å². The van der Waals surface area contributed by atoms with Gasteiger partial charge in [-0.2, -0.15) is 4.39 Å². The van der Waals surface area contributed by atoms with E-state index in [2.05, 4.69) is 9.68 Å². The van der Waals surface area contributed by atoms with Crippen LogP contribution in [0, 0.1) is 0 Å². The van der Waals surface area contributed by atoms with E-state index in [1.807, 2.05) is 0 Å². The van der Waals surface area contributed by atoms with Crippen LogP contribution in [0.15, 0.2) is 0 Å². The van der Waals surface area contributed by atoms with Gasteiger partial charge in [0.15, 0.2) is 0 Å². The van der Waals surface area contributed by atoms with Gasteiger partial charge in [-0.3, -0.25) is 0 Å². The molecule has 0 heterocycles. The highest BCUT2D eigenvalue weighted by molar-refractivity contribution is 3.97. The van der Waals surface area contributed by atoms with Crippen molar-refractivity contribution in [3.8, 4) is 0 Å². The highest BCUT2D eigenvalue weighted by Gasteiger charge is 1.98. The molecule has 1 atom stereocenters. The van der Waals surface area contributed by atoms with Crippen LogP contribution in [-0.2, 0) is 9.68 Å². The Hall–Kier alpha value is -0.220. The van der Waals surface area contributed by atoms with E-state index in [1.54, 1.807) is 0 Å². The van der Waals surface area contributed by atoms with Crippen LogP contribution in [0.25, 0.3) is 0 Å². The minimum atomic E-state index is -2.23.